The number of fused-ring (bicyclic) bond motifs is 1. The second-order valence-electron chi connectivity index (χ2n) is 8.94. The van der Waals surface area contributed by atoms with Gasteiger partial charge in [0.05, 0.1) is 16.7 Å². The minimum absolute atomic E-state index is 0.00521. The summed E-state index contributed by atoms with van der Waals surface area (Å²) in [6.45, 7) is 7.60. The molecule has 1 aromatic heterocycles. The Morgan fingerprint density at radius 2 is 2.00 bits per heavy atom. The van der Waals surface area contributed by atoms with Gasteiger partial charge >= 0.3 is 5.97 Å². The number of carbonyl (C=O) groups is 1. The zero-order valence-electron chi connectivity index (χ0n) is 21.3. The molecule has 0 fully saturated rings. The van der Waals surface area contributed by atoms with Crippen molar-refractivity contribution in [2.45, 2.75) is 64.4 Å². The Hall–Kier alpha value is -3.04. The van der Waals surface area contributed by atoms with E-state index in [0.717, 1.165) is 24.2 Å². The van der Waals surface area contributed by atoms with Crippen molar-refractivity contribution in [3.05, 3.63) is 75.7 Å². The standard InChI is InChI=1S/C27H30ClFN4O3S/c1-5-6-14-37-27-31-26-30-17(4)23(25(34)36-16(2)3)24(33(26)32-27)18-10-12-19(13-11-18)35-15-20-21(28)8-7-9-22(20)29/h7-13,16,24H,5-6,14-15H2,1-4H3,(H,30,31,32). The summed E-state index contributed by atoms with van der Waals surface area (Å²) in [6.07, 6.45) is 1.88. The van der Waals surface area contributed by atoms with E-state index in [4.69, 9.17) is 26.2 Å². The van der Waals surface area contributed by atoms with Crippen LogP contribution >= 0.6 is 23.4 Å². The number of hydrogen-bond acceptors (Lipinski definition) is 7. The van der Waals surface area contributed by atoms with Gasteiger partial charge < -0.3 is 14.8 Å². The summed E-state index contributed by atoms with van der Waals surface area (Å²) in [7, 11) is 0. The summed E-state index contributed by atoms with van der Waals surface area (Å²) in [5.41, 5.74) is 2.23. The predicted octanol–water partition coefficient (Wildman–Crippen LogP) is 6.78. The first-order valence-electron chi connectivity index (χ1n) is 12.2. The van der Waals surface area contributed by atoms with Gasteiger partial charge in [-0.05, 0) is 57.0 Å². The molecular formula is C27H30ClFN4O3S. The highest BCUT2D eigenvalue weighted by Gasteiger charge is 2.35. The molecule has 2 heterocycles. The molecule has 1 N–H and O–H groups in total. The summed E-state index contributed by atoms with van der Waals surface area (Å²) >= 11 is 7.70. The van der Waals surface area contributed by atoms with E-state index in [1.54, 1.807) is 40.7 Å². The first-order valence-corrected chi connectivity index (χ1v) is 13.6. The fraction of sp³-hybridized carbons (Fsp3) is 0.370. The van der Waals surface area contributed by atoms with Gasteiger partial charge in [0, 0.05) is 17.0 Å². The Morgan fingerprint density at radius 1 is 1.24 bits per heavy atom. The molecule has 0 saturated heterocycles. The average molecular weight is 545 g/mol. The van der Waals surface area contributed by atoms with Crippen LogP contribution in [0.2, 0.25) is 5.02 Å². The van der Waals surface area contributed by atoms with E-state index in [9.17, 15) is 9.18 Å². The number of thioether (sulfide) groups is 1. The Balaban J connectivity index is 1.63. The van der Waals surface area contributed by atoms with E-state index in [2.05, 4.69) is 17.2 Å². The molecule has 4 rings (SSSR count). The molecule has 10 heteroatoms. The largest absolute Gasteiger partial charge is 0.489 e. The normalized spacial score (nSPS) is 14.9. The highest BCUT2D eigenvalue weighted by atomic mass is 35.5. The third-order valence-corrected chi connectivity index (χ3v) is 7.04. The fourth-order valence-corrected chi connectivity index (χ4v) is 5.05. The van der Waals surface area contributed by atoms with E-state index < -0.39 is 17.8 Å². The fourth-order valence-electron chi connectivity index (χ4n) is 3.92. The summed E-state index contributed by atoms with van der Waals surface area (Å²) in [5, 5.41) is 8.90. The van der Waals surface area contributed by atoms with Gasteiger partial charge in [-0.25, -0.2) is 13.9 Å². The SMILES string of the molecule is CCCCSc1nc2n(n1)C(c1ccc(OCc3c(F)cccc3Cl)cc1)C(C(=O)OC(C)C)=C(C)N2. The number of ether oxygens (including phenoxy) is 2. The lowest BCUT2D eigenvalue weighted by Gasteiger charge is -2.28. The number of hydrogen-bond donors (Lipinski definition) is 1. The van der Waals surface area contributed by atoms with Gasteiger partial charge in [0.25, 0.3) is 0 Å². The van der Waals surface area contributed by atoms with E-state index in [1.165, 1.54) is 6.07 Å². The molecule has 37 heavy (non-hydrogen) atoms. The Labute approximate surface area is 225 Å². The van der Waals surface area contributed by atoms with Crippen LogP contribution in [0.1, 0.15) is 57.7 Å². The highest BCUT2D eigenvalue weighted by molar-refractivity contribution is 7.99. The predicted molar refractivity (Wildman–Crippen MR) is 144 cm³/mol. The average Bonchev–Trinajstić information content (AvgIpc) is 3.25. The Morgan fingerprint density at radius 3 is 2.68 bits per heavy atom. The second kappa shape index (κ2) is 12.0. The number of benzene rings is 2. The lowest BCUT2D eigenvalue weighted by molar-refractivity contribution is -0.143. The van der Waals surface area contributed by atoms with Gasteiger partial charge in [0.1, 0.15) is 24.2 Å². The van der Waals surface area contributed by atoms with Crippen molar-refractivity contribution >= 4 is 35.3 Å². The molecule has 1 unspecified atom stereocenters. The Kier molecular flexibility index (Phi) is 8.76. The molecule has 7 nitrogen and oxygen atoms in total. The van der Waals surface area contributed by atoms with Gasteiger partial charge in [-0.3, -0.25) is 0 Å². The molecule has 0 bridgehead atoms. The zero-order valence-corrected chi connectivity index (χ0v) is 22.8. The van der Waals surface area contributed by atoms with Gasteiger partial charge in [-0.15, -0.1) is 5.10 Å². The van der Waals surface area contributed by atoms with Crippen LogP contribution in [-0.2, 0) is 16.1 Å². The van der Waals surface area contributed by atoms with Gasteiger partial charge in [-0.1, -0.05) is 54.9 Å². The van der Waals surface area contributed by atoms with Crippen molar-refractivity contribution in [1.82, 2.24) is 14.8 Å². The Bertz CT molecular complexity index is 1270. The van der Waals surface area contributed by atoms with Crippen LogP contribution in [-0.4, -0.2) is 32.6 Å². The van der Waals surface area contributed by atoms with Crippen LogP contribution in [0.3, 0.4) is 0 Å². The monoisotopic (exact) mass is 544 g/mol. The van der Waals surface area contributed by atoms with Crippen molar-refractivity contribution < 1.29 is 18.7 Å². The minimum atomic E-state index is -0.536. The number of esters is 1. The van der Waals surface area contributed by atoms with E-state index in [0.29, 0.717) is 38.7 Å². The van der Waals surface area contributed by atoms with Crippen molar-refractivity contribution in [1.29, 1.82) is 0 Å². The van der Waals surface area contributed by atoms with Crippen LogP contribution in [0, 0.1) is 5.82 Å². The zero-order chi connectivity index (χ0) is 26.5. The van der Waals surface area contributed by atoms with Crippen molar-refractivity contribution in [2.75, 3.05) is 11.1 Å². The summed E-state index contributed by atoms with van der Waals surface area (Å²) in [4.78, 5) is 17.8. The lowest BCUT2D eigenvalue weighted by atomic mass is 9.95. The van der Waals surface area contributed by atoms with E-state index in [-0.39, 0.29) is 12.7 Å². The van der Waals surface area contributed by atoms with Crippen LogP contribution in [0.25, 0.3) is 0 Å². The van der Waals surface area contributed by atoms with Gasteiger partial charge in [0.15, 0.2) is 0 Å². The molecular weight excluding hydrogens is 515 g/mol. The maximum atomic E-state index is 14.1. The topological polar surface area (TPSA) is 78.3 Å². The smallest absolute Gasteiger partial charge is 0.338 e. The summed E-state index contributed by atoms with van der Waals surface area (Å²) < 4.78 is 27.2. The molecule has 0 aliphatic carbocycles. The number of aromatic nitrogens is 3. The molecule has 3 aromatic rings. The first-order chi connectivity index (χ1) is 17.8. The van der Waals surface area contributed by atoms with Gasteiger partial charge in [0.2, 0.25) is 11.1 Å². The van der Waals surface area contributed by atoms with Crippen LogP contribution in [0.15, 0.2) is 58.9 Å². The molecule has 2 aromatic carbocycles. The quantitative estimate of drug-likeness (QED) is 0.171. The maximum Gasteiger partial charge on any atom is 0.338 e. The molecule has 0 radical (unpaired) electrons. The summed E-state index contributed by atoms with van der Waals surface area (Å²) in [6, 6.07) is 11.3. The van der Waals surface area contributed by atoms with E-state index in [1.807, 2.05) is 32.9 Å². The van der Waals surface area contributed by atoms with Crippen LogP contribution < -0.4 is 10.1 Å². The van der Waals surface area contributed by atoms with Crippen LogP contribution in [0.4, 0.5) is 10.3 Å². The molecule has 196 valence electrons. The third kappa shape index (κ3) is 6.27. The number of allylic oxidation sites excluding steroid dienone is 1. The number of nitrogens with zero attached hydrogens (tertiary/aromatic N) is 3. The number of halogens is 2. The minimum Gasteiger partial charge on any atom is -0.489 e. The first kappa shape index (κ1) is 27.0. The van der Waals surface area contributed by atoms with Crippen molar-refractivity contribution in [3.63, 3.8) is 0 Å². The molecule has 1 atom stereocenters. The molecule has 1 aliphatic rings. The number of nitrogens with one attached hydrogen (secondary N) is 1. The molecule has 0 amide bonds. The molecule has 1 aliphatic heterocycles. The van der Waals surface area contributed by atoms with Crippen LogP contribution in [0.5, 0.6) is 5.75 Å². The molecule has 0 spiro atoms. The third-order valence-electron chi connectivity index (χ3n) is 5.77. The number of unbranched alkanes of at least 4 members (excludes halogenated alkanes) is 1. The highest BCUT2D eigenvalue weighted by Crippen LogP contribution is 2.37. The van der Waals surface area contributed by atoms with Gasteiger partial charge in [-0.2, -0.15) is 4.98 Å². The lowest BCUT2D eigenvalue weighted by Crippen LogP contribution is -2.30. The second-order valence-corrected chi connectivity index (χ2v) is 10.4. The number of carbonyl (C=O) groups excluding carboxylic acids is 1. The van der Waals surface area contributed by atoms with Crippen molar-refractivity contribution in [3.8, 4) is 5.75 Å². The molecule has 0 saturated carbocycles. The summed E-state index contributed by atoms with van der Waals surface area (Å²) in [5.74, 6) is 1.19. The number of rotatable bonds is 10. The maximum absolute atomic E-state index is 14.1. The van der Waals surface area contributed by atoms with E-state index >= 15 is 0 Å². The number of anilines is 1. The van der Waals surface area contributed by atoms with Crippen molar-refractivity contribution in [2.24, 2.45) is 0 Å².